The van der Waals surface area contributed by atoms with E-state index in [0.29, 0.717) is 98.2 Å². The van der Waals surface area contributed by atoms with Gasteiger partial charge < -0.3 is 38.5 Å². The van der Waals surface area contributed by atoms with Gasteiger partial charge in [-0.25, -0.2) is 4.98 Å². The number of carbonyl (C=O) groups is 1. The molecule has 10 nitrogen and oxygen atoms in total. The number of nitrogens with zero attached hydrogens (tertiary/aromatic N) is 1. The molecule has 0 radical (unpaired) electrons. The van der Waals surface area contributed by atoms with Crippen molar-refractivity contribution in [3.63, 3.8) is 0 Å². The average Bonchev–Trinajstić information content (AvgIpc) is 2.85. The maximum Gasteiger partial charge on any atom is 0.230 e. The molecule has 196 valence electrons. The highest BCUT2D eigenvalue weighted by atomic mass is 33.1. The Morgan fingerprint density at radius 1 is 0.765 bits per heavy atom. The van der Waals surface area contributed by atoms with Crippen LogP contribution < -0.4 is 5.32 Å². The van der Waals surface area contributed by atoms with Crippen LogP contribution in [0.1, 0.15) is 0 Å². The highest BCUT2D eigenvalue weighted by molar-refractivity contribution is 8.76. The van der Waals surface area contributed by atoms with Gasteiger partial charge in [-0.3, -0.25) is 4.79 Å². The maximum atomic E-state index is 11.8. The van der Waals surface area contributed by atoms with Gasteiger partial charge in [0.1, 0.15) is 5.03 Å². The van der Waals surface area contributed by atoms with Crippen molar-refractivity contribution < 1.29 is 38.0 Å². The standard InChI is InChI=1S/C22H38N2O8S2/c1-26-8-9-28-12-13-30-16-17-32-19-18-31-15-14-29-11-10-27-7-6-23-21(25)20-33-34-22-4-2-3-5-24-22/h2-5H,6-20H2,1H3,(H,23,25). The summed E-state index contributed by atoms with van der Waals surface area (Å²) in [5.74, 6) is 0.346. The van der Waals surface area contributed by atoms with Crippen LogP contribution in [-0.2, 0) is 38.0 Å². The number of aromatic nitrogens is 1. The summed E-state index contributed by atoms with van der Waals surface area (Å²) in [6.45, 7) is 7.25. The number of carbonyl (C=O) groups excluding carboxylic acids is 1. The summed E-state index contributed by atoms with van der Waals surface area (Å²) in [4.78, 5) is 15.9. The fraction of sp³-hybridized carbons (Fsp3) is 0.727. The minimum atomic E-state index is -0.0229. The molecule has 12 heteroatoms. The normalized spacial score (nSPS) is 11.1. The SMILES string of the molecule is COCCOCCOCCOCCOCCOCCOCCNC(=O)CSSc1ccccn1. The minimum absolute atomic E-state index is 0.0229. The number of hydrogen-bond acceptors (Lipinski definition) is 11. The van der Waals surface area contributed by atoms with E-state index in [0.717, 1.165) is 5.03 Å². The molecule has 34 heavy (non-hydrogen) atoms. The largest absolute Gasteiger partial charge is 0.382 e. The monoisotopic (exact) mass is 522 g/mol. The first-order valence-corrected chi connectivity index (χ1v) is 13.6. The van der Waals surface area contributed by atoms with Crippen molar-refractivity contribution in [1.82, 2.24) is 10.3 Å². The highest BCUT2D eigenvalue weighted by Gasteiger charge is 2.02. The van der Waals surface area contributed by atoms with Gasteiger partial charge in [-0.15, -0.1) is 0 Å². The molecule has 1 heterocycles. The van der Waals surface area contributed by atoms with E-state index >= 15 is 0 Å². The van der Waals surface area contributed by atoms with Crippen LogP contribution in [0.4, 0.5) is 0 Å². The summed E-state index contributed by atoms with van der Waals surface area (Å²) in [6, 6.07) is 5.70. The number of amides is 1. The molecule has 0 saturated carbocycles. The van der Waals surface area contributed by atoms with Crippen molar-refractivity contribution in [3.05, 3.63) is 24.4 Å². The molecular weight excluding hydrogens is 484 g/mol. The Hall–Kier alpha value is -0.960. The molecule has 0 spiro atoms. The number of ether oxygens (including phenoxy) is 7. The number of pyridine rings is 1. The Bertz CT molecular complexity index is 575. The van der Waals surface area contributed by atoms with E-state index in [2.05, 4.69) is 10.3 Å². The molecule has 1 N–H and O–H groups in total. The lowest BCUT2D eigenvalue weighted by atomic mass is 10.5. The molecule has 1 rings (SSSR count). The molecule has 0 aromatic carbocycles. The molecule has 0 aliphatic carbocycles. The maximum absolute atomic E-state index is 11.8. The Kier molecular flexibility index (Phi) is 23.0. The van der Waals surface area contributed by atoms with Crippen LogP contribution >= 0.6 is 21.6 Å². The summed E-state index contributed by atoms with van der Waals surface area (Å²) in [5.41, 5.74) is 0. The van der Waals surface area contributed by atoms with E-state index in [4.69, 9.17) is 33.2 Å². The first-order chi connectivity index (χ1) is 16.8. The van der Waals surface area contributed by atoms with Crippen LogP contribution in [0.25, 0.3) is 0 Å². The quantitative estimate of drug-likeness (QED) is 0.150. The summed E-state index contributed by atoms with van der Waals surface area (Å²) in [6.07, 6.45) is 1.73. The second-order valence-corrected chi connectivity index (χ2v) is 8.85. The van der Waals surface area contributed by atoms with E-state index in [-0.39, 0.29) is 5.91 Å². The Labute approximate surface area is 210 Å². The Morgan fingerprint density at radius 2 is 1.26 bits per heavy atom. The molecule has 0 fully saturated rings. The van der Waals surface area contributed by atoms with Crippen molar-refractivity contribution >= 4 is 27.5 Å². The van der Waals surface area contributed by atoms with E-state index < -0.39 is 0 Å². The predicted octanol–water partition coefficient (Wildman–Crippen LogP) is 1.68. The summed E-state index contributed by atoms with van der Waals surface area (Å²) >= 11 is 0. The minimum Gasteiger partial charge on any atom is -0.382 e. The fourth-order valence-electron chi connectivity index (χ4n) is 2.20. The summed E-state index contributed by atoms with van der Waals surface area (Å²) in [7, 11) is 4.58. The van der Waals surface area contributed by atoms with Gasteiger partial charge in [0.2, 0.25) is 5.91 Å². The van der Waals surface area contributed by atoms with Crippen molar-refractivity contribution in [2.45, 2.75) is 5.03 Å². The molecule has 0 bridgehead atoms. The number of hydrogen-bond donors (Lipinski definition) is 1. The van der Waals surface area contributed by atoms with Gasteiger partial charge in [0.25, 0.3) is 0 Å². The van der Waals surface area contributed by atoms with Gasteiger partial charge in [0.15, 0.2) is 0 Å². The fourth-order valence-corrected chi connectivity index (χ4v) is 3.98. The van der Waals surface area contributed by atoms with Gasteiger partial charge in [-0.2, -0.15) is 0 Å². The van der Waals surface area contributed by atoms with Crippen LogP contribution in [0, 0.1) is 0 Å². The third-order valence-corrected chi connectivity index (χ3v) is 5.96. The summed E-state index contributed by atoms with van der Waals surface area (Å²) < 4.78 is 37.2. The first-order valence-electron chi connectivity index (χ1n) is 11.3. The zero-order valence-corrected chi connectivity index (χ0v) is 21.6. The molecule has 0 atom stereocenters. The van der Waals surface area contributed by atoms with Gasteiger partial charge in [-0.1, -0.05) is 16.9 Å². The summed E-state index contributed by atoms with van der Waals surface area (Å²) in [5, 5.41) is 3.71. The lowest BCUT2D eigenvalue weighted by Gasteiger charge is -2.08. The lowest BCUT2D eigenvalue weighted by Crippen LogP contribution is -2.28. The Morgan fingerprint density at radius 3 is 1.74 bits per heavy atom. The van der Waals surface area contributed by atoms with Crippen molar-refractivity contribution in [1.29, 1.82) is 0 Å². The molecule has 1 amide bonds. The van der Waals surface area contributed by atoms with Crippen LogP contribution in [0.3, 0.4) is 0 Å². The number of rotatable bonds is 25. The van der Waals surface area contributed by atoms with E-state index in [1.165, 1.54) is 21.6 Å². The van der Waals surface area contributed by atoms with E-state index in [9.17, 15) is 4.79 Å². The third-order valence-electron chi connectivity index (χ3n) is 3.83. The Balaban J connectivity index is 1.70. The molecule has 1 aromatic heterocycles. The molecule has 0 aliphatic rings. The molecule has 0 aliphatic heterocycles. The second-order valence-electron chi connectivity index (χ2n) is 6.53. The third kappa shape index (κ3) is 21.6. The van der Waals surface area contributed by atoms with Gasteiger partial charge >= 0.3 is 0 Å². The lowest BCUT2D eigenvalue weighted by molar-refractivity contribution is -0.118. The number of methoxy groups -OCH3 is 1. The zero-order valence-electron chi connectivity index (χ0n) is 19.9. The van der Waals surface area contributed by atoms with E-state index in [1.54, 1.807) is 13.3 Å². The topological polar surface area (TPSA) is 107 Å². The molecule has 0 unspecified atom stereocenters. The van der Waals surface area contributed by atoms with Gasteiger partial charge in [-0.05, 0) is 22.9 Å². The van der Waals surface area contributed by atoms with Crippen molar-refractivity contribution in [2.75, 3.05) is 105 Å². The second kappa shape index (κ2) is 25.1. The van der Waals surface area contributed by atoms with Gasteiger partial charge in [0, 0.05) is 19.9 Å². The smallest absolute Gasteiger partial charge is 0.230 e. The molecule has 0 saturated heterocycles. The highest BCUT2D eigenvalue weighted by Crippen LogP contribution is 2.28. The average molecular weight is 523 g/mol. The predicted molar refractivity (Wildman–Crippen MR) is 132 cm³/mol. The zero-order chi connectivity index (χ0) is 24.4. The van der Waals surface area contributed by atoms with Crippen LogP contribution in [-0.4, -0.2) is 116 Å². The molecule has 1 aromatic rings. The first kappa shape index (κ1) is 31.1. The van der Waals surface area contributed by atoms with Crippen molar-refractivity contribution in [2.24, 2.45) is 0 Å². The van der Waals surface area contributed by atoms with Crippen LogP contribution in [0.15, 0.2) is 29.4 Å². The van der Waals surface area contributed by atoms with Crippen LogP contribution in [0.5, 0.6) is 0 Å². The molecular formula is C22H38N2O8S2. The van der Waals surface area contributed by atoms with Crippen LogP contribution in [0.2, 0.25) is 0 Å². The number of nitrogens with one attached hydrogen (secondary N) is 1. The van der Waals surface area contributed by atoms with Crippen molar-refractivity contribution in [3.8, 4) is 0 Å². The van der Waals surface area contributed by atoms with E-state index in [1.807, 2.05) is 18.2 Å². The van der Waals surface area contributed by atoms with Gasteiger partial charge in [0.05, 0.1) is 91.6 Å².